The molecular weight excluding hydrogens is 414 g/mol. The first-order valence-corrected chi connectivity index (χ1v) is 10.8. The van der Waals surface area contributed by atoms with Crippen LogP contribution in [0, 0.1) is 18.8 Å². The maximum absolute atomic E-state index is 6.09. The number of aryl methyl sites for hydroxylation is 1. The molecule has 4 aromatic rings. The molecule has 0 fully saturated rings. The van der Waals surface area contributed by atoms with Gasteiger partial charge in [0.2, 0.25) is 0 Å². The van der Waals surface area contributed by atoms with Crippen LogP contribution >= 0.6 is 0 Å². The first-order chi connectivity index (χ1) is 16.0. The number of aromatic nitrogens is 5. The number of H-pyrrole nitrogens is 1. The molecule has 0 saturated heterocycles. The van der Waals surface area contributed by atoms with Gasteiger partial charge in [-0.1, -0.05) is 5.92 Å². The Morgan fingerprint density at radius 1 is 1.24 bits per heavy atom. The van der Waals surface area contributed by atoms with Gasteiger partial charge >= 0.3 is 0 Å². The van der Waals surface area contributed by atoms with Gasteiger partial charge in [0.1, 0.15) is 6.61 Å². The molecule has 4 heterocycles. The van der Waals surface area contributed by atoms with E-state index in [1.807, 2.05) is 6.07 Å². The molecule has 0 amide bonds. The Labute approximate surface area is 192 Å². The van der Waals surface area contributed by atoms with Crippen molar-refractivity contribution in [3.8, 4) is 29.0 Å². The molecule has 8 nitrogen and oxygen atoms in total. The maximum atomic E-state index is 6.09. The number of hydrogen-bond donors (Lipinski definition) is 2. The molecule has 3 N–H and O–H groups in total. The van der Waals surface area contributed by atoms with Crippen LogP contribution in [0.25, 0.3) is 22.4 Å². The number of rotatable bonds is 4. The Kier molecular flexibility index (Phi) is 5.40. The molecule has 0 unspecified atom stereocenters. The standard InChI is InChI=1S/C25H25N7O/c1-4-5-21-30-22-16(6-8-27-24(22)31-21)14-33-25-23(26)28-12-20(29-25)17-10-15(2)19-7-9-32(3)13-18(19)11-17/h6,8,10-12H,7,9,13-14H2,1-3H3,(H2,26,28)(H,27,30,31). The van der Waals surface area contributed by atoms with E-state index in [9.17, 15) is 0 Å². The van der Waals surface area contributed by atoms with E-state index in [0.717, 1.165) is 41.8 Å². The van der Waals surface area contributed by atoms with Gasteiger partial charge in [-0.25, -0.2) is 19.9 Å². The average molecular weight is 440 g/mol. The molecule has 8 heteroatoms. The molecule has 166 valence electrons. The number of aromatic amines is 1. The zero-order chi connectivity index (χ0) is 22.9. The van der Waals surface area contributed by atoms with E-state index in [1.165, 1.54) is 16.7 Å². The zero-order valence-electron chi connectivity index (χ0n) is 18.9. The molecule has 0 aliphatic carbocycles. The summed E-state index contributed by atoms with van der Waals surface area (Å²) in [6.07, 6.45) is 4.47. The van der Waals surface area contributed by atoms with Crippen molar-refractivity contribution in [2.45, 2.75) is 33.4 Å². The number of likely N-dealkylation sites (N-methyl/N-ethyl adjacent to an activating group) is 1. The van der Waals surface area contributed by atoms with Crippen LogP contribution in [0.15, 0.2) is 30.6 Å². The summed E-state index contributed by atoms with van der Waals surface area (Å²) in [5.41, 5.74) is 14.2. The Morgan fingerprint density at radius 3 is 2.97 bits per heavy atom. The predicted octanol–water partition coefficient (Wildman–Crippen LogP) is 3.24. The second kappa shape index (κ2) is 8.52. The molecule has 0 bridgehead atoms. The highest BCUT2D eigenvalue weighted by Crippen LogP contribution is 2.30. The number of hydrogen-bond acceptors (Lipinski definition) is 7. The highest BCUT2D eigenvalue weighted by atomic mass is 16.5. The molecule has 5 rings (SSSR count). The van der Waals surface area contributed by atoms with Crippen molar-refractivity contribution in [1.82, 2.24) is 29.8 Å². The molecular formula is C25H25N7O. The fourth-order valence-corrected chi connectivity index (χ4v) is 4.24. The first-order valence-electron chi connectivity index (χ1n) is 10.8. The Balaban J connectivity index is 1.43. The number of anilines is 1. The van der Waals surface area contributed by atoms with Gasteiger partial charge in [0.05, 0.1) is 17.4 Å². The number of pyridine rings is 1. The van der Waals surface area contributed by atoms with E-state index in [1.54, 1.807) is 19.3 Å². The number of nitrogens with two attached hydrogens (primary N) is 1. The zero-order valence-corrected chi connectivity index (χ0v) is 18.9. The predicted molar refractivity (Wildman–Crippen MR) is 127 cm³/mol. The minimum absolute atomic E-state index is 0.247. The van der Waals surface area contributed by atoms with Crippen molar-refractivity contribution >= 4 is 17.0 Å². The van der Waals surface area contributed by atoms with Crippen molar-refractivity contribution in [2.24, 2.45) is 0 Å². The van der Waals surface area contributed by atoms with Crippen LogP contribution in [0.2, 0.25) is 0 Å². The third-order valence-electron chi connectivity index (χ3n) is 5.90. The summed E-state index contributed by atoms with van der Waals surface area (Å²) in [5, 5.41) is 0. The Morgan fingerprint density at radius 2 is 2.12 bits per heavy atom. The summed E-state index contributed by atoms with van der Waals surface area (Å²) in [5.74, 6) is 6.88. The van der Waals surface area contributed by atoms with Crippen LogP contribution < -0.4 is 10.5 Å². The number of nitrogens with zero attached hydrogens (tertiary/aromatic N) is 5. The van der Waals surface area contributed by atoms with Gasteiger partial charge in [-0.3, -0.25) is 0 Å². The van der Waals surface area contributed by atoms with Crippen LogP contribution in [0.5, 0.6) is 5.88 Å². The molecule has 1 aliphatic heterocycles. The Bertz CT molecular complexity index is 1410. The largest absolute Gasteiger partial charge is 0.470 e. The van der Waals surface area contributed by atoms with Crippen molar-refractivity contribution < 1.29 is 4.74 Å². The van der Waals surface area contributed by atoms with Crippen LogP contribution in [-0.2, 0) is 19.6 Å². The molecule has 0 spiro atoms. The molecule has 0 saturated carbocycles. The van der Waals surface area contributed by atoms with Crippen LogP contribution in [0.1, 0.15) is 35.0 Å². The summed E-state index contributed by atoms with van der Waals surface area (Å²) in [4.78, 5) is 23.2. The molecule has 3 aromatic heterocycles. The summed E-state index contributed by atoms with van der Waals surface area (Å²) >= 11 is 0. The first kappa shape index (κ1) is 20.9. The normalized spacial score (nSPS) is 13.4. The minimum Gasteiger partial charge on any atom is -0.470 e. The van der Waals surface area contributed by atoms with Gasteiger partial charge in [-0.2, -0.15) is 0 Å². The smallest absolute Gasteiger partial charge is 0.258 e. The molecule has 1 aliphatic rings. The topological polar surface area (TPSA) is 106 Å². The third-order valence-corrected chi connectivity index (χ3v) is 5.90. The third kappa shape index (κ3) is 4.11. The van der Waals surface area contributed by atoms with Gasteiger partial charge in [0.15, 0.2) is 17.3 Å². The van der Waals surface area contributed by atoms with Gasteiger partial charge in [0, 0.05) is 30.4 Å². The van der Waals surface area contributed by atoms with E-state index < -0.39 is 0 Å². The highest BCUT2D eigenvalue weighted by Gasteiger charge is 2.18. The molecule has 0 atom stereocenters. The van der Waals surface area contributed by atoms with Gasteiger partial charge < -0.3 is 20.4 Å². The second-order valence-electron chi connectivity index (χ2n) is 8.28. The number of fused-ring (bicyclic) bond motifs is 2. The van der Waals surface area contributed by atoms with Crippen molar-refractivity contribution in [3.05, 3.63) is 58.7 Å². The minimum atomic E-state index is 0.247. The van der Waals surface area contributed by atoms with Crippen molar-refractivity contribution in [2.75, 3.05) is 19.3 Å². The average Bonchev–Trinajstić information content (AvgIpc) is 3.21. The summed E-state index contributed by atoms with van der Waals surface area (Å²) in [6, 6.07) is 6.25. The summed E-state index contributed by atoms with van der Waals surface area (Å²) in [6.45, 7) is 6.18. The highest BCUT2D eigenvalue weighted by molar-refractivity contribution is 5.75. The van der Waals surface area contributed by atoms with Gasteiger partial charge in [0.25, 0.3) is 5.88 Å². The number of ether oxygens (including phenoxy) is 1. The van der Waals surface area contributed by atoms with E-state index in [-0.39, 0.29) is 12.4 Å². The molecule has 1 aromatic carbocycles. The fourth-order valence-electron chi connectivity index (χ4n) is 4.24. The second-order valence-corrected chi connectivity index (χ2v) is 8.28. The van der Waals surface area contributed by atoms with E-state index in [2.05, 4.69) is 62.8 Å². The fraction of sp³-hybridized carbons (Fsp3) is 0.280. The van der Waals surface area contributed by atoms with Crippen molar-refractivity contribution in [3.63, 3.8) is 0 Å². The lowest BCUT2D eigenvalue weighted by Crippen LogP contribution is -2.27. The van der Waals surface area contributed by atoms with Crippen LogP contribution in [0.4, 0.5) is 5.82 Å². The SMILES string of the molecule is CC#Cc1nc2nccc(COc3nc(-c4cc(C)c5c(c4)CN(C)CC5)cnc3N)c2[nH]1. The molecule has 0 radical (unpaired) electrons. The number of nitrogen functional groups attached to an aromatic ring is 1. The summed E-state index contributed by atoms with van der Waals surface area (Å²) < 4.78 is 6.00. The lowest BCUT2D eigenvalue weighted by atomic mass is 9.92. The van der Waals surface area contributed by atoms with Crippen LogP contribution in [-0.4, -0.2) is 43.4 Å². The lowest BCUT2D eigenvalue weighted by Gasteiger charge is -2.27. The monoisotopic (exact) mass is 439 g/mol. The van der Waals surface area contributed by atoms with E-state index in [4.69, 9.17) is 15.5 Å². The summed E-state index contributed by atoms with van der Waals surface area (Å²) in [7, 11) is 2.15. The van der Waals surface area contributed by atoms with E-state index in [0.29, 0.717) is 17.4 Å². The van der Waals surface area contributed by atoms with Crippen molar-refractivity contribution in [1.29, 1.82) is 0 Å². The number of nitrogens with one attached hydrogen (secondary N) is 1. The lowest BCUT2D eigenvalue weighted by molar-refractivity contribution is 0.296. The van der Waals surface area contributed by atoms with Gasteiger partial charge in [-0.15, -0.1) is 0 Å². The van der Waals surface area contributed by atoms with E-state index >= 15 is 0 Å². The number of imidazole rings is 1. The maximum Gasteiger partial charge on any atom is 0.258 e. The van der Waals surface area contributed by atoms with Crippen LogP contribution in [0.3, 0.4) is 0 Å². The number of benzene rings is 1. The van der Waals surface area contributed by atoms with Gasteiger partial charge in [-0.05, 0) is 68.1 Å². The molecule has 33 heavy (non-hydrogen) atoms. The quantitative estimate of drug-likeness (QED) is 0.470. The Hall–Kier alpha value is -3.96.